The van der Waals surface area contributed by atoms with Gasteiger partial charge in [0.1, 0.15) is 5.82 Å². The fraction of sp³-hybridized carbons (Fsp3) is 0.455. The lowest BCUT2D eigenvalue weighted by Gasteiger charge is -2.07. The van der Waals surface area contributed by atoms with Crippen LogP contribution in [0.3, 0.4) is 0 Å². The summed E-state index contributed by atoms with van der Waals surface area (Å²) in [7, 11) is 0. The van der Waals surface area contributed by atoms with Crippen LogP contribution in [0, 0.1) is 5.82 Å². The van der Waals surface area contributed by atoms with Gasteiger partial charge in [-0.05, 0) is 29.5 Å². The molecule has 0 saturated carbocycles. The van der Waals surface area contributed by atoms with E-state index in [0.717, 1.165) is 18.0 Å². The number of thioether (sulfide) groups is 1. The number of hydrogen-bond donors (Lipinski definition) is 1. The van der Waals surface area contributed by atoms with Crippen molar-refractivity contribution in [3.05, 3.63) is 30.1 Å². The summed E-state index contributed by atoms with van der Waals surface area (Å²) in [6, 6.07) is 6.46. The number of anilines is 1. The van der Waals surface area contributed by atoms with E-state index in [9.17, 15) is 4.39 Å². The van der Waals surface area contributed by atoms with Gasteiger partial charge in [0.05, 0.1) is 0 Å². The Morgan fingerprint density at radius 1 is 1.29 bits per heavy atom. The van der Waals surface area contributed by atoms with Crippen LogP contribution in [0.2, 0.25) is 0 Å². The maximum absolute atomic E-state index is 12.5. The van der Waals surface area contributed by atoms with Gasteiger partial charge in [0.25, 0.3) is 0 Å². The Morgan fingerprint density at radius 2 is 1.93 bits per heavy atom. The van der Waals surface area contributed by atoms with Gasteiger partial charge in [-0.2, -0.15) is 11.8 Å². The molecule has 0 amide bonds. The summed E-state index contributed by atoms with van der Waals surface area (Å²) in [6.07, 6.45) is 0. The van der Waals surface area contributed by atoms with Gasteiger partial charge in [-0.15, -0.1) is 0 Å². The predicted molar refractivity (Wildman–Crippen MR) is 62.5 cm³/mol. The number of hydrogen-bond acceptors (Lipinski definition) is 2. The fourth-order valence-corrected chi connectivity index (χ4v) is 1.75. The third-order valence-corrected chi connectivity index (χ3v) is 2.83. The third-order valence-electron chi connectivity index (χ3n) is 1.73. The van der Waals surface area contributed by atoms with Gasteiger partial charge in [-0.1, -0.05) is 13.8 Å². The molecule has 0 radical (unpaired) electrons. The largest absolute Gasteiger partial charge is 0.384 e. The molecule has 0 aliphatic heterocycles. The van der Waals surface area contributed by atoms with Gasteiger partial charge < -0.3 is 5.32 Å². The number of nitrogens with one attached hydrogen (secondary N) is 1. The first-order valence-electron chi connectivity index (χ1n) is 4.79. The summed E-state index contributed by atoms with van der Waals surface area (Å²) in [5, 5.41) is 3.91. The molecule has 0 heterocycles. The average molecular weight is 213 g/mol. The highest BCUT2D eigenvalue weighted by Gasteiger charge is 1.95. The lowest BCUT2D eigenvalue weighted by Crippen LogP contribution is -2.05. The molecule has 0 unspecified atom stereocenters. The molecule has 1 nitrogen and oxygen atoms in total. The molecule has 3 heteroatoms. The first kappa shape index (κ1) is 11.4. The van der Waals surface area contributed by atoms with E-state index >= 15 is 0 Å². The minimum absolute atomic E-state index is 0.188. The van der Waals surface area contributed by atoms with Crippen LogP contribution < -0.4 is 5.32 Å². The Hall–Kier alpha value is -0.700. The second-order valence-corrected chi connectivity index (χ2v) is 5.04. The molecule has 0 atom stereocenters. The Bertz CT molecular complexity index is 258. The second-order valence-electron chi connectivity index (χ2n) is 3.35. The van der Waals surface area contributed by atoms with Crippen LogP contribution >= 0.6 is 11.8 Å². The summed E-state index contributed by atoms with van der Waals surface area (Å²) in [5.41, 5.74) is 0.982. The molecule has 1 aromatic rings. The van der Waals surface area contributed by atoms with Crippen molar-refractivity contribution in [1.29, 1.82) is 0 Å². The standard InChI is InChI=1S/C11H16FNS/c1-9(2)14-8-7-13-11-5-3-10(12)4-6-11/h3-6,9,13H,7-8H2,1-2H3. The lowest BCUT2D eigenvalue weighted by molar-refractivity contribution is 0.628. The lowest BCUT2D eigenvalue weighted by atomic mass is 10.3. The van der Waals surface area contributed by atoms with Crippen LogP contribution in [0.5, 0.6) is 0 Å². The van der Waals surface area contributed by atoms with Gasteiger partial charge in [-0.25, -0.2) is 4.39 Å². The molecule has 0 aliphatic carbocycles. The van der Waals surface area contributed by atoms with Crippen molar-refractivity contribution in [3.8, 4) is 0 Å². The molecule has 1 N–H and O–H groups in total. The highest BCUT2D eigenvalue weighted by Crippen LogP contribution is 2.10. The van der Waals surface area contributed by atoms with Gasteiger partial charge in [-0.3, -0.25) is 0 Å². The van der Waals surface area contributed by atoms with E-state index in [-0.39, 0.29) is 5.82 Å². The van der Waals surface area contributed by atoms with Crippen molar-refractivity contribution in [1.82, 2.24) is 0 Å². The molecule has 14 heavy (non-hydrogen) atoms. The summed E-state index contributed by atoms with van der Waals surface area (Å²) in [4.78, 5) is 0. The zero-order chi connectivity index (χ0) is 10.4. The van der Waals surface area contributed by atoms with E-state index in [2.05, 4.69) is 19.2 Å². The predicted octanol–water partition coefficient (Wildman–Crippen LogP) is 3.38. The zero-order valence-electron chi connectivity index (χ0n) is 8.59. The smallest absolute Gasteiger partial charge is 0.123 e. The molecular formula is C11H16FNS. The maximum Gasteiger partial charge on any atom is 0.123 e. The molecule has 0 fully saturated rings. The molecule has 0 bridgehead atoms. The first-order valence-corrected chi connectivity index (χ1v) is 5.84. The Morgan fingerprint density at radius 3 is 2.50 bits per heavy atom. The van der Waals surface area contributed by atoms with Gasteiger partial charge >= 0.3 is 0 Å². The van der Waals surface area contributed by atoms with Crippen LogP contribution in [-0.2, 0) is 0 Å². The van der Waals surface area contributed by atoms with Crippen LogP contribution in [0.25, 0.3) is 0 Å². The number of halogens is 1. The van der Waals surface area contributed by atoms with Crippen LogP contribution in [0.15, 0.2) is 24.3 Å². The molecule has 0 spiro atoms. The third kappa shape index (κ3) is 4.51. The summed E-state index contributed by atoms with van der Waals surface area (Å²) < 4.78 is 12.5. The minimum Gasteiger partial charge on any atom is -0.384 e. The van der Waals surface area contributed by atoms with E-state index in [1.165, 1.54) is 12.1 Å². The summed E-state index contributed by atoms with van der Waals surface area (Å²) in [6.45, 7) is 5.29. The fourth-order valence-electron chi connectivity index (χ4n) is 1.06. The maximum atomic E-state index is 12.5. The summed E-state index contributed by atoms with van der Waals surface area (Å²) >= 11 is 1.92. The van der Waals surface area contributed by atoms with Crippen molar-refractivity contribution < 1.29 is 4.39 Å². The molecule has 78 valence electrons. The summed E-state index contributed by atoms with van der Waals surface area (Å²) in [5.74, 6) is 0.891. The molecule has 0 aliphatic rings. The molecule has 1 aromatic carbocycles. The van der Waals surface area contributed by atoms with E-state index in [1.54, 1.807) is 12.1 Å². The molecular weight excluding hydrogens is 197 g/mol. The van der Waals surface area contributed by atoms with Gasteiger partial charge in [0, 0.05) is 18.0 Å². The Kier molecular flexibility index (Phi) is 4.80. The van der Waals surface area contributed by atoms with Gasteiger partial charge in [0.2, 0.25) is 0 Å². The van der Waals surface area contributed by atoms with E-state index in [4.69, 9.17) is 0 Å². The molecule has 1 rings (SSSR count). The average Bonchev–Trinajstić information content (AvgIpc) is 2.15. The van der Waals surface area contributed by atoms with Crippen LogP contribution in [-0.4, -0.2) is 17.5 Å². The molecule has 0 saturated heterocycles. The SMILES string of the molecule is CC(C)SCCNc1ccc(F)cc1. The van der Waals surface area contributed by atoms with Crippen molar-refractivity contribution in [3.63, 3.8) is 0 Å². The topological polar surface area (TPSA) is 12.0 Å². The van der Waals surface area contributed by atoms with Crippen molar-refractivity contribution >= 4 is 17.4 Å². The normalized spacial score (nSPS) is 10.6. The van der Waals surface area contributed by atoms with E-state index in [1.807, 2.05) is 11.8 Å². The highest BCUT2D eigenvalue weighted by atomic mass is 32.2. The van der Waals surface area contributed by atoms with Crippen LogP contribution in [0.4, 0.5) is 10.1 Å². The number of benzene rings is 1. The van der Waals surface area contributed by atoms with Crippen molar-refractivity contribution in [2.24, 2.45) is 0 Å². The quantitative estimate of drug-likeness (QED) is 0.752. The highest BCUT2D eigenvalue weighted by molar-refractivity contribution is 7.99. The van der Waals surface area contributed by atoms with Crippen molar-refractivity contribution in [2.45, 2.75) is 19.1 Å². The van der Waals surface area contributed by atoms with E-state index in [0.29, 0.717) is 5.25 Å². The number of rotatable bonds is 5. The Balaban J connectivity index is 2.21. The van der Waals surface area contributed by atoms with Gasteiger partial charge in [0.15, 0.2) is 0 Å². The first-order chi connectivity index (χ1) is 6.68. The van der Waals surface area contributed by atoms with Crippen LogP contribution in [0.1, 0.15) is 13.8 Å². The monoisotopic (exact) mass is 213 g/mol. The second kappa shape index (κ2) is 5.91. The van der Waals surface area contributed by atoms with E-state index < -0.39 is 0 Å². The molecule has 0 aromatic heterocycles. The Labute approximate surface area is 89.1 Å². The minimum atomic E-state index is -0.188. The zero-order valence-corrected chi connectivity index (χ0v) is 9.40. The van der Waals surface area contributed by atoms with Crippen molar-refractivity contribution in [2.75, 3.05) is 17.6 Å².